The van der Waals surface area contributed by atoms with Gasteiger partial charge in [0, 0.05) is 13.1 Å². The highest BCUT2D eigenvalue weighted by Gasteiger charge is 2.44. The van der Waals surface area contributed by atoms with Gasteiger partial charge in [0.05, 0.1) is 19.8 Å². The van der Waals surface area contributed by atoms with Crippen LogP contribution in [0.2, 0.25) is 0 Å². The van der Waals surface area contributed by atoms with Crippen LogP contribution >= 0.6 is 0 Å². The van der Waals surface area contributed by atoms with Gasteiger partial charge in [-0.15, -0.1) is 0 Å². The van der Waals surface area contributed by atoms with Gasteiger partial charge in [-0.3, -0.25) is 4.90 Å². The number of fused-ring (bicyclic) bond motifs is 1. The Kier molecular flexibility index (Phi) is 6.11. The van der Waals surface area contributed by atoms with Gasteiger partial charge in [-0.2, -0.15) is 0 Å². The van der Waals surface area contributed by atoms with Crippen molar-refractivity contribution in [1.82, 2.24) is 4.90 Å². The number of morpholine rings is 1. The third-order valence-electron chi connectivity index (χ3n) is 4.72. The summed E-state index contributed by atoms with van der Waals surface area (Å²) < 4.78 is 11.7. The van der Waals surface area contributed by atoms with Crippen molar-refractivity contribution in [2.24, 2.45) is 5.92 Å². The lowest BCUT2D eigenvalue weighted by Gasteiger charge is -2.40. The summed E-state index contributed by atoms with van der Waals surface area (Å²) in [5.41, 5.74) is -0.0682. The van der Waals surface area contributed by atoms with E-state index in [0.29, 0.717) is 0 Å². The van der Waals surface area contributed by atoms with E-state index in [1.54, 1.807) is 0 Å². The number of ether oxygens (including phenoxy) is 2. The molecule has 2 saturated heterocycles. The van der Waals surface area contributed by atoms with E-state index in [4.69, 9.17) is 9.47 Å². The molecule has 2 heterocycles. The summed E-state index contributed by atoms with van der Waals surface area (Å²) in [6, 6.07) is 0. The van der Waals surface area contributed by atoms with Crippen LogP contribution in [-0.2, 0) is 9.47 Å². The topological polar surface area (TPSA) is 21.7 Å². The van der Waals surface area contributed by atoms with Gasteiger partial charge in [0.15, 0.2) is 0 Å². The second kappa shape index (κ2) is 7.61. The van der Waals surface area contributed by atoms with Gasteiger partial charge in [0.1, 0.15) is 5.72 Å². The molecule has 2 fully saturated rings. The highest BCUT2D eigenvalue weighted by Crippen LogP contribution is 2.33. The van der Waals surface area contributed by atoms with E-state index in [-0.39, 0.29) is 5.72 Å². The quantitative estimate of drug-likeness (QED) is 0.674. The van der Waals surface area contributed by atoms with E-state index in [1.165, 1.54) is 38.5 Å². The van der Waals surface area contributed by atoms with Crippen molar-refractivity contribution in [2.45, 2.75) is 64.5 Å². The van der Waals surface area contributed by atoms with E-state index in [2.05, 4.69) is 18.7 Å². The second-order valence-corrected chi connectivity index (χ2v) is 6.17. The van der Waals surface area contributed by atoms with E-state index in [0.717, 1.165) is 45.2 Å². The molecule has 0 bridgehead atoms. The smallest absolute Gasteiger partial charge is 0.145 e. The Hall–Kier alpha value is -0.120. The molecule has 0 spiro atoms. The zero-order valence-electron chi connectivity index (χ0n) is 12.8. The molecule has 0 aromatic heterocycles. The Labute approximate surface area is 118 Å². The summed E-state index contributed by atoms with van der Waals surface area (Å²) >= 11 is 0. The standard InChI is InChI=1S/C16H31NO2/c1-3-6-15(7-4-2)8-5-9-16-14-18-12-10-17(16)11-13-19-16/h15H,3-14H2,1-2H3. The van der Waals surface area contributed by atoms with Crippen molar-refractivity contribution in [3.63, 3.8) is 0 Å². The Morgan fingerprint density at radius 3 is 2.53 bits per heavy atom. The molecule has 0 radical (unpaired) electrons. The molecule has 0 saturated carbocycles. The fraction of sp³-hybridized carbons (Fsp3) is 1.00. The Morgan fingerprint density at radius 2 is 1.79 bits per heavy atom. The molecule has 2 aliphatic rings. The first kappa shape index (κ1) is 15.3. The van der Waals surface area contributed by atoms with Crippen molar-refractivity contribution >= 4 is 0 Å². The maximum Gasteiger partial charge on any atom is 0.145 e. The summed E-state index contributed by atoms with van der Waals surface area (Å²) in [7, 11) is 0. The molecule has 0 aromatic carbocycles. The van der Waals surface area contributed by atoms with Crippen LogP contribution in [0.25, 0.3) is 0 Å². The first-order valence-corrected chi connectivity index (χ1v) is 8.27. The monoisotopic (exact) mass is 269 g/mol. The summed E-state index contributed by atoms with van der Waals surface area (Å²) in [5.74, 6) is 0.922. The van der Waals surface area contributed by atoms with Crippen LogP contribution < -0.4 is 0 Å². The minimum atomic E-state index is -0.0682. The number of hydrogen-bond donors (Lipinski definition) is 0. The fourth-order valence-corrected chi connectivity index (χ4v) is 3.71. The molecule has 1 unspecified atom stereocenters. The normalized spacial score (nSPS) is 27.9. The minimum Gasteiger partial charge on any atom is -0.376 e. The molecule has 0 aromatic rings. The first-order valence-electron chi connectivity index (χ1n) is 8.27. The predicted molar refractivity (Wildman–Crippen MR) is 78.2 cm³/mol. The molecule has 0 N–H and O–H groups in total. The van der Waals surface area contributed by atoms with Crippen LogP contribution in [-0.4, -0.2) is 43.5 Å². The number of nitrogens with zero attached hydrogens (tertiary/aromatic N) is 1. The van der Waals surface area contributed by atoms with Gasteiger partial charge in [-0.25, -0.2) is 0 Å². The van der Waals surface area contributed by atoms with Crippen molar-refractivity contribution < 1.29 is 9.47 Å². The average molecular weight is 269 g/mol. The highest BCUT2D eigenvalue weighted by molar-refractivity contribution is 4.89. The van der Waals surface area contributed by atoms with E-state index in [9.17, 15) is 0 Å². The van der Waals surface area contributed by atoms with E-state index < -0.39 is 0 Å². The molecule has 112 valence electrons. The molecular formula is C16H31NO2. The molecular weight excluding hydrogens is 238 g/mol. The van der Waals surface area contributed by atoms with Crippen LogP contribution in [0.4, 0.5) is 0 Å². The minimum absolute atomic E-state index is 0.0682. The third-order valence-corrected chi connectivity index (χ3v) is 4.72. The van der Waals surface area contributed by atoms with Crippen molar-refractivity contribution in [3.05, 3.63) is 0 Å². The van der Waals surface area contributed by atoms with E-state index in [1.807, 2.05) is 0 Å². The maximum absolute atomic E-state index is 6.05. The Bertz CT molecular complexity index is 253. The van der Waals surface area contributed by atoms with Crippen molar-refractivity contribution in [3.8, 4) is 0 Å². The second-order valence-electron chi connectivity index (χ2n) is 6.17. The van der Waals surface area contributed by atoms with Gasteiger partial charge >= 0.3 is 0 Å². The summed E-state index contributed by atoms with van der Waals surface area (Å²) in [6.45, 7) is 9.29. The largest absolute Gasteiger partial charge is 0.376 e. The molecule has 0 aliphatic carbocycles. The SMILES string of the molecule is CCCC(CCC)CCCC12COCCN1CCO2. The van der Waals surface area contributed by atoms with Crippen molar-refractivity contribution in [2.75, 3.05) is 32.9 Å². The lowest BCUT2D eigenvalue weighted by Crippen LogP contribution is -2.53. The van der Waals surface area contributed by atoms with Gasteiger partial charge < -0.3 is 9.47 Å². The molecule has 0 amide bonds. The van der Waals surface area contributed by atoms with Crippen molar-refractivity contribution in [1.29, 1.82) is 0 Å². The van der Waals surface area contributed by atoms with Crippen LogP contribution in [0.15, 0.2) is 0 Å². The summed E-state index contributed by atoms with van der Waals surface area (Å²) in [6.07, 6.45) is 9.22. The molecule has 1 atom stereocenters. The summed E-state index contributed by atoms with van der Waals surface area (Å²) in [4.78, 5) is 2.51. The predicted octanol–water partition coefficient (Wildman–Crippen LogP) is 3.43. The highest BCUT2D eigenvalue weighted by atomic mass is 16.6. The van der Waals surface area contributed by atoms with Gasteiger partial charge in [-0.1, -0.05) is 46.0 Å². The van der Waals surface area contributed by atoms with Crippen LogP contribution in [0.1, 0.15) is 58.8 Å². The molecule has 19 heavy (non-hydrogen) atoms. The summed E-state index contributed by atoms with van der Waals surface area (Å²) in [5, 5.41) is 0. The first-order chi connectivity index (χ1) is 9.30. The third kappa shape index (κ3) is 3.93. The zero-order valence-corrected chi connectivity index (χ0v) is 12.8. The Balaban J connectivity index is 1.77. The van der Waals surface area contributed by atoms with Gasteiger partial charge in [0.2, 0.25) is 0 Å². The van der Waals surface area contributed by atoms with E-state index >= 15 is 0 Å². The van der Waals surface area contributed by atoms with Crippen LogP contribution in [0, 0.1) is 5.92 Å². The number of hydrogen-bond acceptors (Lipinski definition) is 3. The lowest BCUT2D eigenvalue weighted by atomic mass is 9.91. The molecule has 2 rings (SSSR count). The fourth-order valence-electron chi connectivity index (χ4n) is 3.71. The van der Waals surface area contributed by atoms with Gasteiger partial charge in [0.25, 0.3) is 0 Å². The average Bonchev–Trinajstić information content (AvgIpc) is 2.83. The van der Waals surface area contributed by atoms with Crippen LogP contribution in [0.5, 0.6) is 0 Å². The molecule has 3 heteroatoms. The number of rotatable bonds is 8. The zero-order chi connectivity index (χ0) is 13.6. The van der Waals surface area contributed by atoms with Crippen LogP contribution in [0.3, 0.4) is 0 Å². The lowest BCUT2D eigenvalue weighted by molar-refractivity contribution is -0.170. The van der Waals surface area contributed by atoms with Gasteiger partial charge in [-0.05, 0) is 18.8 Å². The maximum atomic E-state index is 6.05. The molecule has 3 nitrogen and oxygen atoms in total. The molecule has 2 aliphatic heterocycles. The Morgan fingerprint density at radius 1 is 1.05 bits per heavy atom.